The molecule has 0 aliphatic carbocycles. The van der Waals surface area contributed by atoms with Crippen LogP contribution in [0.5, 0.6) is 5.75 Å². The van der Waals surface area contributed by atoms with Gasteiger partial charge < -0.3 is 14.2 Å². The monoisotopic (exact) mass is 574 g/mol. The van der Waals surface area contributed by atoms with E-state index in [1.54, 1.807) is 25.1 Å². The Morgan fingerprint density at radius 1 is 1.20 bits per heavy atom. The molecule has 41 heavy (non-hydrogen) atoms. The topological polar surface area (TPSA) is 78.1 Å². The average Bonchev–Trinajstić information content (AvgIpc) is 3.66. The van der Waals surface area contributed by atoms with Crippen molar-refractivity contribution in [1.82, 2.24) is 29.2 Å². The molecule has 4 aromatic heterocycles. The molecule has 1 amide bonds. The quantitative estimate of drug-likeness (QED) is 0.226. The first-order valence-electron chi connectivity index (χ1n) is 13.2. The average molecular weight is 575 g/mol. The van der Waals surface area contributed by atoms with E-state index in [-0.39, 0.29) is 29.4 Å². The first kappa shape index (κ1) is 26.8. The van der Waals surface area contributed by atoms with E-state index in [4.69, 9.17) is 14.8 Å². The Morgan fingerprint density at radius 3 is 2.71 bits per heavy atom. The van der Waals surface area contributed by atoms with Gasteiger partial charge in [0.1, 0.15) is 34.5 Å². The van der Waals surface area contributed by atoms with Crippen LogP contribution in [0.1, 0.15) is 26.5 Å². The van der Waals surface area contributed by atoms with Crippen LogP contribution in [0.25, 0.3) is 44.0 Å². The number of fused-ring (bicyclic) bond motifs is 2. The highest BCUT2D eigenvalue weighted by atomic mass is 32.1. The summed E-state index contributed by atoms with van der Waals surface area (Å²) in [6, 6.07) is 5.75. The number of amides is 1. The van der Waals surface area contributed by atoms with E-state index in [1.807, 2.05) is 46.9 Å². The van der Waals surface area contributed by atoms with E-state index in [0.717, 1.165) is 21.8 Å². The number of rotatable bonds is 6. The van der Waals surface area contributed by atoms with Crippen LogP contribution in [0.3, 0.4) is 0 Å². The molecule has 1 aliphatic rings. The van der Waals surface area contributed by atoms with E-state index in [1.165, 1.54) is 23.5 Å². The molecule has 1 aliphatic heterocycles. The highest BCUT2D eigenvalue weighted by Crippen LogP contribution is 2.47. The van der Waals surface area contributed by atoms with Crippen molar-refractivity contribution >= 4 is 27.3 Å². The maximum Gasteiger partial charge on any atom is 0.246 e. The molecule has 1 atom stereocenters. The highest BCUT2D eigenvalue weighted by Gasteiger charge is 2.30. The number of halogens is 2. The second-order valence-electron chi connectivity index (χ2n) is 10.4. The van der Waals surface area contributed by atoms with Crippen LogP contribution < -0.4 is 4.74 Å². The summed E-state index contributed by atoms with van der Waals surface area (Å²) in [6.07, 6.45) is 4.54. The molecule has 11 heteroatoms. The Kier molecular flexibility index (Phi) is 6.69. The molecule has 6 rings (SSSR count). The van der Waals surface area contributed by atoms with Crippen LogP contribution in [-0.2, 0) is 24.9 Å². The smallest absolute Gasteiger partial charge is 0.246 e. The number of carbonyl (C=O) groups is 1. The van der Waals surface area contributed by atoms with Gasteiger partial charge in [-0.15, -0.1) is 11.3 Å². The Morgan fingerprint density at radius 2 is 2.00 bits per heavy atom. The largest absolute Gasteiger partial charge is 0.490 e. The van der Waals surface area contributed by atoms with E-state index in [9.17, 15) is 9.18 Å². The van der Waals surface area contributed by atoms with Gasteiger partial charge in [-0.3, -0.25) is 9.48 Å². The summed E-state index contributed by atoms with van der Waals surface area (Å²) in [4.78, 5) is 23.8. The molecule has 210 valence electrons. The lowest BCUT2D eigenvalue weighted by atomic mass is 9.97. The fourth-order valence-corrected chi connectivity index (χ4v) is 6.21. The van der Waals surface area contributed by atoms with Gasteiger partial charge in [0.25, 0.3) is 0 Å². The molecule has 0 bridgehead atoms. The molecule has 0 spiro atoms. The molecule has 0 radical (unpaired) electrons. The number of carbonyl (C=O) groups excluding carboxylic acids is 1. The Bertz CT molecular complexity index is 1820. The second kappa shape index (κ2) is 10.2. The van der Waals surface area contributed by atoms with Crippen molar-refractivity contribution in [2.75, 3.05) is 0 Å². The minimum absolute atomic E-state index is 0.0844. The molecule has 0 saturated heterocycles. The molecule has 0 saturated carbocycles. The number of hydrogen-bond donors (Lipinski definition) is 0. The summed E-state index contributed by atoms with van der Waals surface area (Å²) in [6.45, 7) is 10.0. The minimum Gasteiger partial charge on any atom is -0.490 e. The molecule has 5 heterocycles. The van der Waals surface area contributed by atoms with Gasteiger partial charge in [0.15, 0.2) is 0 Å². The number of imidazole rings is 1. The number of hydrogen-bond acceptors (Lipinski definition) is 6. The van der Waals surface area contributed by atoms with Crippen LogP contribution in [-0.4, -0.2) is 47.3 Å². The van der Waals surface area contributed by atoms with Gasteiger partial charge in [-0.1, -0.05) is 6.58 Å². The van der Waals surface area contributed by atoms with Crippen molar-refractivity contribution in [3.05, 3.63) is 72.2 Å². The van der Waals surface area contributed by atoms with Crippen LogP contribution in [0.2, 0.25) is 0 Å². The minimum atomic E-state index is -0.760. The maximum absolute atomic E-state index is 15.8. The number of aromatic nitrogens is 5. The molecular weight excluding hydrogens is 546 g/mol. The van der Waals surface area contributed by atoms with Gasteiger partial charge in [0.2, 0.25) is 5.91 Å². The van der Waals surface area contributed by atoms with E-state index in [2.05, 4.69) is 11.6 Å². The van der Waals surface area contributed by atoms with E-state index in [0.29, 0.717) is 41.4 Å². The van der Waals surface area contributed by atoms with Gasteiger partial charge in [-0.2, -0.15) is 5.10 Å². The maximum atomic E-state index is 15.8. The summed E-state index contributed by atoms with van der Waals surface area (Å²) >= 11 is 1.43. The van der Waals surface area contributed by atoms with Gasteiger partial charge in [0.05, 0.1) is 42.5 Å². The number of benzene rings is 1. The van der Waals surface area contributed by atoms with Gasteiger partial charge >= 0.3 is 0 Å². The number of thiophene rings is 1. The van der Waals surface area contributed by atoms with Crippen molar-refractivity contribution in [3.63, 3.8) is 0 Å². The summed E-state index contributed by atoms with van der Waals surface area (Å²) in [5.41, 5.74) is 3.58. The lowest BCUT2D eigenvalue weighted by molar-refractivity contribution is -0.129. The molecule has 5 aromatic rings. The summed E-state index contributed by atoms with van der Waals surface area (Å²) < 4.78 is 40.7. The van der Waals surface area contributed by atoms with Crippen LogP contribution in [0.4, 0.5) is 8.78 Å². The van der Waals surface area contributed by atoms with Crippen molar-refractivity contribution in [3.8, 4) is 39.7 Å². The fourth-order valence-electron chi connectivity index (χ4n) is 5.26. The van der Waals surface area contributed by atoms with Gasteiger partial charge in [-0.25, -0.2) is 18.7 Å². The molecule has 8 nitrogen and oxygen atoms in total. The fraction of sp³-hybridized carbons (Fsp3) is 0.267. The third kappa shape index (κ3) is 4.69. The lowest BCUT2D eigenvalue weighted by Gasteiger charge is -2.33. The zero-order valence-electron chi connectivity index (χ0n) is 23.1. The molecule has 0 N–H and O–H groups in total. The number of ether oxygens (including phenoxy) is 1. The summed E-state index contributed by atoms with van der Waals surface area (Å²) in [5.74, 6) is -1.57. The molecule has 1 aromatic carbocycles. The number of aryl methyl sites for hydroxylation is 1. The standard InChI is InChI=1S/C30H28F2N6O2S/c1-6-25(39)37-13-19-11-22(35-38(19)12-17(37)4)29-27(26-21(32)9-18(31)10-24(26)40-16(2)3)30-20(7-8-41-30)28(34-29)23-14-36(5)15-33-23/h6-11,14-17H,1,12-13H2,2-5H3/t17-/m1/s1. The first-order valence-corrected chi connectivity index (χ1v) is 14.1. The Labute approximate surface area is 239 Å². The predicted molar refractivity (Wildman–Crippen MR) is 154 cm³/mol. The van der Waals surface area contributed by atoms with Crippen molar-refractivity contribution in [2.24, 2.45) is 7.05 Å². The van der Waals surface area contributed by atoms with Crippen molar-refractivity contribution < 1.29 is 18.3 Å². The summed E-state index contributed by atoms with van der Waals surface area (Å²) in [5, 5.41) is 7.57. The molecule has 0 unspecified atom stereocenters. The predicted octanol–water partition coefficient (Wildman–Crippen LogP) is 6.21. The lowest BCUT2D eigenvalue weighted by Crippen LogP contribution is -2.44. The van der Waals surface area contributed by atoms with E-state index >= 15 is 4.39 Å². The Hall–Kier alpha value is -4.38. The zero-order valence-corrected chi connectivity index (χ0v) is 23.9. The summed E-state index contributed by atoms with van der Waals surface area (Å²) in [7, 11) is 1.88. The SMILES string of the molecule is C=CC(=O)N1Cc2cc(-c3nc(-c4cn(C)cn4)c4ccsc4c3-c3c(F)cc(F)cc3OC(C)C)nn2C[C@H]1C. The van der Waals surface area contributed by atoms with Crippen LogP contribution >= 0.6 is 11.3 Å². The normalized spacial score (nSPS) is 15.0. The third-order valence-corrected chi connectivity index (χ3v) is 7.98. The highest BCUT2D eigenvalue weighted by molar-refractivity contribution is 7.18. The van der Waals surface area contributed by atoms with E-state index < -0.39 is 11.6 Å². The Balaban J connectivity index is 1.65. The van der Waals surface area contributed by atoms with Crippen molar-refractivity contribution in [2.45, 2.75) is 46.0 Å². The second-order valence-corrected chi connectivity index (χ2v) is 11.3. The molecular formula is C30H28F2N6O2S. The van der Waals surface area contributed by atoms with Gasteiger partial charge in [-0.05, 0) is 44.4 Å². The first-order chi connectivity index (χ1) is 19.6. The number of pyridine rings is 1. The van der Waals surface area contributed by atoms with Gasteiger partial charge in [0, 0.05) is 47.1 Å². The molecule has 0 fully saturated rings. The third-order valence-electron chi connectivity index (χ3n) is 7.05. The van der Waals surface area contributed by atoms with Crippen LogP contribution in [0, 0.1) is 11.6 Å². The van der Waals surface area contributed by atoms with Crippen LogP contribution in [0.15, 0.2) is 54.8 Å². The van der Waals surface area contributed by atoms with Crippen molar-refractivity contribution in [1.29, 1.82) is 0 Å². The number of nitrogens with zero attached hydrogens (tertiary/aromatic N) is 6. The zero-order chi connectivity index (χ0) is 29.0.